The van der Waals surface area contributed by atoms with Crippen LogP contribution in [0.4, 0.5) is 26.3 Å². The van der Waals surface area contributed by atoms with Gasteiger partial charge < -0.3 is 0 Å². The summed E-state index contributed by atoms with van der Waals surface area (Å²) in [7, 11) is 0. The van der Waals surface area contributed by atoms with E-state index < -0.39 is 48.4 Å². The van der Waals surface area contributed by atoms with Crippen molar-refractivity contribution in [2.75, 3.05) is 12.4 Å². The molecular weight excluding hydrogens is 330 g/mol. The molecule has 0 heterocycles. The van der Waals surface area contributed by atoms with E-state index in [1.807, 2.05) is 0 Å². The lowest BCUT2D eigenvalue weighted by Gasteiger charge is -2.27. The van der Waals surface area contributed by atoms with E-state index in [0.717, 1.165) is 0 Å². The molecule has 0 saturated heterocycles. The normalized spacial score (nSPS) is 13.9. The number of carbonyl (C=O) groups is 1. The third-order valence-corrected chi connectivity index (χ3v) is 3.75. The number of hydrogen-bond donors (Lipinski definition) is 0. The van der Waals surface area contributed by atoms with Gasteiger partial charge in [0, 0.05) is 17.7 Å². The van der Waals surface area contributed by atoms with Crippen LogP contribution in [0.15, 0.2) is 30.3 Å². The van der Waals surface area contributed by atoms with Gasteiger partial charge in [0.2, 0.25) is 5.12 Å². The fraction of sp³-hybridized carbons (Fsp3) is 0.500. The highest BCUT2D eigenvalue weighted by Crippen LogP contribution is 2.41. The van der Waals surface area contributed by atoms with Gasteiger partial charge in [0.05, 0.1) is 6.42 Å². The molecule has 0 N–H and O–H groups in total. The molecule has 124 valence electrons. The van der Waals surface area contributed by atoms with Crippen molar-refractivity contribution in [2.24, 2.45) is 0 Å². The van der Waals surface area contributed by atoms with Crippen molar-refractivity contribution >= 4 is 16.9 Å². The van der Waals surface area contributed by atoms with Crippen molar-refractivity contribution < 1.29 is 31.1 Å². The number of hydrogen-bond acceptors (Lipinski definition) is 2. The Kier molecular flexibility index (Phi) is 6.77. The van der Waals surface area contributed by atoms with Gasteiger partial charge in [-0.05, 0) is 0 Å². The number of benzene rings is 1. The summed E-state index contributed by atoms with van der Waals surface area (Å²) in [5, 5.41) is -0.521. The van der Waals surface area contributed by atoms with Crippen LogP contribution in [0.25, 0.3) is 0 Å². The minimum absolute atomic E-state index is 0.267. The Bertz CT molecular complexity index is 479. The zero-order chi connectivity index (χ0) is 16.8. The average molecular weight is 344 g/mol. The Hall–Kier alpha value is -1.18. The fourth-order valence-electron chi connectivity index (χ4n) is 1.59. The Morgan fingerprint density at radius 2 is 1.68 bits per heavy atom. The SMILES string of the molecule is O=C(SCCC(F)(F)C(F)(F)CC(F)CF)c1ccccc1. The van der Waals surface area contributed by atoms with Crippen LogP contribution >= 0.6 is 11.8 Å². The van der Waals surface area contributed by atoms with Crippen molar-refractivity contribution in [2.45, 2.75) is 30.9 Å². The molecule has 1 rings (SSSR count). The average Bonchev–Trinajstić information content (AvgIpc) is 2.47. The monoisotopic (exact) mass is 344 g/mol. The van der Waals surface area contributed by atoms with Gasteiger partial charge in [-0.2, -0.15) is 17.6 Å². The number of thioether (sulfide) groups is 1. The second-order valence-electron chi connectivity index (χ2n) is 4.62. The molecular formula is C14H14F6OS. The zero-order valence-electron chi connectivity index (χ0n) is 11.4. The summed E-state index contributed by atoms with van der Waals surface area (Å²) in [5.74, 6) is -9.71. The summed E-state index contributed by atoms with van der Waals surface area (Å²) in [5.41, 5.74) is 0.267. The molecule has 1 aromatic carbocycles. The molecule has 1 unspecified atom stereocenters. The van der Waals surface area contributed by atoms with Crippen LogP contribution in [0.2, 0.25) is 0 Å². The molecule has 1 aromatic rings. The van der Waals surface area contributed by atoms with Gasteiger partial charge in [0.1, 0.15) is 12.8 Å². The van der Waals surface area contributed by atoms with Crippen LogP contribution in [-0.4, -0.2) is 35.6 Å². The lowest BCUT2D eigenvalue weighted by molar-refractivity contribution is -0.218. The molecule has 0 spiro atoms. The number of alkyl halides is 6. The van der Waals surface area contributed by atoms with Crippen molar-refractivity contribution in [1.82, 2.24) is 0 Å². The second kappa shape index (κ2) is 7.89. The minimum atomic E-state index is -4.66. The van der Waals surface area contributed by atoms with Crippen LogP contribution in [0, 0.1) is 0 Å². The molecule has 0 aromatic heterocycles. The molecule has 8 heteroatoms. The summed E-state index contributed by atoms with van der Waals surface area (Å²) < 4.78 is 77.7. The van der Waals surface area contributed by atoms with E-state index in [-0.39, 0.29) is 5.56 Å². The standard InChI is InChI=1S/C14H14F6OS/c15-9-11(16)8-14(19,20)13(17,18)6-7-22-12(21)10-4-2-1-3-5-10/h1-5,11H,6-9H2. The second-order valence-corrected chi connectivity index (χ2v) is 5.68. The van der Waals surface area contributed by atoms with E-state index in [1.54, 1.807) is 18.2 Å². The molecule has 0 fully saturated rings. The third kappa shape index (κ3) is 5.23. The van der Waals surface area contributed by atoms with Crippen molar-refractivity contribution in [1.29, 1.82) is 0 Å². The molecule has 0 saturated carbocycles. The Labute approximate surface area is 128 Å². The van der Waals surface area contributed by atoms with Crippen LogP contribution in [-0.2, 0) is 0 Å². The molecule has 1 nitrogen and oxygen atoms in total. The van der Waals surface area contributed by atoms with Gasteiger partial charge in [-0.1, -0.05) is 42.1 Å². The molecule has 1 atom stereocenters. The van der Waals surface area contributed by atoms with Crippen molar-refractivity contribution in [3.8, 4) is 0 Å². The Balaban J connectivity index is 2.53. The third-order valence-electron chi connectivity index (χ3n) is 2.84. The quantitative estimate of drug-likeness (QED) is 0.623. The summed E-state index contributed by atoms with van der Waals surface area (Å²) in [6, 6.07) is 7.76. The maximum Gasteiger partial charge on any atom is 0.313 e. The minimum Gasteiger partial charge on any atom is -0.282 e. The predicted octanol–water partition coefficient (Wildman–Crippen LogP) is 4.92. The van der Waals surface area contributed by atoms with Gasteiger partial charge in [0.15, 0.2) is 0 Å². The first-order valence-corrected chi connectivity index (χ1v) is 7.36. The summed E-state index contributed by atoms with van der Waals surface area (Å²) in [4.78, 5) is 11.6. The fourth-order valence-corrected chi connectivity index (χ4v) is 2.44. The summed E-state index contributed by atoms with van der Waals surface area (Å²) >= 11 is 0.477. The first kappa shape index (κ1) is 18.9. The van der Waals surface area contributed by atoms with E-state index in [4.69, 9.17) is 0 Å². The highest BCUT2D eigenvalue weighted by Gasteiger charge is 2.56. The molecule has 22 heavy (non-hydrogen) atoms. The van der Waals surface area contributed by atoms with E-state index in [9.17, 15) is 31.1 Å². The van der Waals surface area contributed by atoms with Gasteiger partial charge >= 0.3 is 11.8 Å². The molecule has 0 aliphatic carbocycles. The van der Waals surface area contributed by atoms with Crippen LogP contribution in [0.3, 0.4) is 0 Å². The summed E-state index contributed by atoms with van der Waals surface area (Å²) in [6.07, 6.45) is -5.82. The number of carbonyl (C=O) groups excluding carboxylic acids is 1. The first-order chi connectivity index (χ1) is 10.2. The van der Waals surface area contributed by atoms with Gasteiger partial charge in [-0.3, -0.25) is 4.79 Å². The van der Waals surface area contributed by atoms with E-state index in [1.165, 1.54) is 12.1 Å². The highest BCUT2D eigenvalue weighted by atomic mass is 32.2. The lowest BCUT2D eigenvalue weighted by atomic mass is 10.0. The van der Waals surface area contributed by atoms with Crippen LogP contribution in [0.5, 0.6) is 0 Å². The van der Waals surface area contributed by atoms with Gasteiger partial charge in [0.25, 0.3) is 0 Å². The van der Waals surface area contributed by atoms with E-state index >= 15 is 0 Å². The van der Waals surface area contributed by atoms with Crippen LogP contribution < -0.4 is 0 Å². The lowest BCUT2D eigenvalue weighted by Crippen LogP contribution is -2.43. The Morgan fingerprint density at radius 1 is 1.09 bits per heavy atom. The molecule has 0 bridgehead atoms. The molecule has 0 amide bonds. The van der Waals surface area contributed by atoms with E-state index in [2.05, 4.69) is 0 Å². The maximum atomic E-state index is 13.4. The summed E-state index contributed by atoms with van der Waals surface area (Å²) in [6.45, 7) is -1.74. The molecule has 0 aliphatic rings. The highest BCUT2D eigenvalue weighted by molar-refractivity contribution is 8.14. The van der Waals surface area contributed by atoms with Crippen molar-refractivity contribution in [3.05, 3.63) is 35.9 Å². The smallest absolute Gasteiger partial charge is 0.282 e. The molecule has 0 aliphatic heterocycles. The number of rotatable bonds is 8. The largest absolute Gasteiger partial charge is 0.313 e. The van der Waals surface area contributed by atoms with E-state index in [0.29, 0.717) is 11.8 Å². The first-order valence-electron chi connectivity index (χ1n) is 6.37. The van der Waals surface area contributed by atoms with Gasteiger partial charge in [-0.25, -0.2) is 8.78 Å². The van der Waals surface area contributed by atoms with Gasteiger partial charge in [-0.15, -0.1) is 0 Å². The topological polar surface area (TPSA) is 17.1 Å². The van der Waals surface area contributed by atoms with Crippen molar-refractivity contribution in [3.63, 3.8) is 0 Å². The Morgan fingerprint density at radius 3 is 2.23 bits per heavy atom. The van der Waals surface area contributed by atoms with Crippen LogP contribution in [0.1, 0.15) is 23.2 Å². The predicted molar refractivity (Wildman–Crippen MR) is 73.2 cm³/mol. The number of halogens is 6. The zero-order valence-corrected chi connectivity index (χ0v) is 12.2. The maximum absolute atomic E-state index is 13.4. The molecule has 0 radical (unpaired) electrons.